The molecular weight excluding hydrogens is 328 g/mol. The lowest BCUT2D eigenvalue weighted by Crippen LogP contribution is -2.66. The van der Waals surface area contributed by atoms with Gasteiger partial charge in [-0.25, -0.2) is 0 Å². The summed E-state index contributed by atoms with van der Waals surface area (Å²) in [5.74, 6) is 0.0643. The van der Waals surface area contributed by atoms with Gasteiger partial charge in [-0.1, -0.05) is 25.3 Å². The van der Waals surface area contributed by atoms with E-state index in [0.29, 0.717) is 5.57 Å². The Morgan fingerprint density at radius 3 is 2.32 bits per heavy atom. The Bertz CT molecular complexity index is 538. The maximum absolute atomic E-state index is 11.4. The minimum Gasteiger partial charge on any atom is -0.512 e. The highest BCUT2D eigenvalue weighted by molar-refractivity contribution is 5.35. The van der Waals surface area contributed by atoms with E-state index in [1.807, 2.05) is 0 Å². The summed E-state index contributed by atoms with van der Waals surface area (Å²) in [6.07, 6.45) is 1.20. The number of hydrogen-bond acceptors (Lipinski definition) is 7. The van der Waals surface area contributed by atoms with E-state index >= 15 is 0 Å². The van der Waals surface area contributed by atoms with Gasteiger partial charge in [0.05, 0.1) is 12.4 Å². The van der Waals surface area contributed by atoms with Crippen molar-refractivity contribution in [1.82, 2.24) is 0 Å². The first-order valence-electron chi connectivity index (χ1n) is 9.01. The Kier molecular flexibility index (Phi) is 5.53. The molecule has 6 N–H and O–H groups in total. The lowest BCUT2D eigenvalue weighted by atomic mass is 9.68. The topological polar surface area (TPSA) is 131 Å². The number of aliphatic hydroxyl groups is 6. The van der Waals surface area contributed by atoms with Crippen LogP contribution in [0.4, 0.5) is 0 Å². The zero-order valence-electron chi connectivity index (χ0n) is 14.2. The van der Waals surface area contributed by atoms with Gasteiger partial charge < -0.3 is 35.4 Å². The van der Waals surface area contributed by atoms with Gasteiger partial charge >= 0.3 is 0 Å². The molecule has 3 aliphatic rings. The minimum atomic E-state index is -1.70. The summed E-state index contributed by atoms with van der Waals surface area (Å²) in [7, 11) is 0. The number of ether oxygens (including phenoxy) is 1. The van der Waals surface area contributed by atoms with Gasteiger partial charge in [0.15, 0.2) is 0 Å². The Morgan fingerprint density at radius 1 is 1.00 bits per heavy atom. The maximum Gasteiger partial charge on any atom is 0.122 e. The second-order valence-corrected chi connectivity index (χ2v) is 7.47. The van der Waals surface area contributed by atoms with Crippen molar-refractivity contribution in [3.8, 4) is 0 Å². The molecule has 25 heavy (non-hydrogen) atoms. The predicted molar refractivity (Wildman–Crippen MR) is 88.7 cm³/mol. The molecule has 2 fully saturated rings. The van der Waals surface area contributed by atoms with Gasteiger partial charge in [-0.05, 0) is 30.4 Å². The average Bonchev–Trinajstić information content (AvgIpc) is 2.60. The average molecular weight is 356 g/mol. The van der Waals surface area contributed by atoms with Crippen LogP contribution in [0.1, 0.15) is 38.5 Å². The molecule has 0 aromatic carbocycles. The van der Waals surface area contributed by atoms with E-state index in [2.05, 4.69) is 0 Å². The van der Waals surface area contributed by atoms with Gasteiger partial charge in [-0.2, -0.15) is 0 Å². The van der Waals surface area contributed by atoms with E-state index in [9.17, 15) is 30.6 Å². The number of rotatable bonds is 3. The molecule has 2 unspecified atom stereocenters. The number of allylic oxidation sites excluding steroid dienone is 2. The largest absolute Gasteiger partial charge is 0.512 e. The molecule has 1 saturated heterocycles. The van der Waals surface area contributed by atoms with Crippen LogP contribution < -0.4 is 0 Å². The highest BCUT2D eigenvalue weighted by Crippen LogP contribution is 2.45. The van der Waals surface area contributed by atoms with Crippen molar-refractivity contribution in [3.63, 3.8) is 0 Å². The second kappa shape index (κ2) is 7.34. The van der Waals surface area contributed by atoms with Gasteiger partial charge in [0, 0.05) is 6.42 Å². The van der Waals surface area contributed by atoms with Crippen molar-refractivity contribution < 1.29 is 35.4 Å². The first-order chi connectivity index (χ1) is 11.9. The fourth-order valence-electron chi connectivity index (χ4n) is 4.43. The van der Waals surface area contributed by atoms with E-state index < -0.39 is 42.7 Å². The monoisotopic (exact) mass is 356 g/mol. The van der Waals surface area contributed by atoms with Gasteiger partial charge in [-0.3, -0.25) is 0 Å². The highest BCUT2D eigenvalue weighted by atomic mass is 16.6. The van der Waals surface area contributed by atoms with Crippen LogP contribution >= 0.6 is 0 Å². The lowest BCUT2D eigenvalue weighted by Gasteiger charge is -2.49. The third-order valence-corrected chi connectivity index (χ3v) is 5.81. The van der Waals surface area contributed by atoms with Crippen LogP contribution in [0.2, 0.25) is 0 Å². The van der Waals surface area contributed by atoms with Gasteiger partial charge in [0.2, 0.25) is 0 Å². The van der Waals surface area contributed by atoms with Crippen LogP contribution in [0.3, 0.4) is 0 Å². The van der Waals surface area contributed by atoms with Crippen molar-refractivity contribution >= 4 is 0 Å². The fraction of sp³-hybridized carbons (Fsp3) is 0.778. The summed E-state index contributed by atoms with van der Waals surface area (Å²) in [4.78, 5) is 0. The van der Waals surface area contributed by atoms with E-state index in [1.165, 1.54) is 0 Å². The maximum atomic E-state index is 11.4. The molecule has 0 aromatic heterocycles. The molecule has 0 bridgehead atoms. The molecular formula is C18H28O7. The lowest BCUT2D eigenvalue weighted by molar-refractivity contribution is -0.265. The van der Waals surface area contributed by atoms with Crippen LogP contribution in [0.25, 0.3) is 0 Å². The molecule has 1 heterocycles. The first kappa shape index (κ1) is 18.8. The molecule has 1 aliphatic heterocycles. The Balaban J connectivity index is 1.93. The van der Waals surface area contributed by atoms with Gasteiger partial charge in [-0.15, -0.1) is 0 Å². The van der Waals surface area contributed by atoms with Crippen molar-refractivity contribution in [2.24, 2.45) is 5.92 Å². The zero-order valence-corrected chi connectivity index (χ0v) is 14.2. The molecule has 0 radical (unpaired) electrons. The van der Waals surface area contributed by atoms with Gasteiger partial charge in [0.1, 0.15) is 36.1 Å². The Morgan fingerprint density at radius 2 is 1.68 bits per heavy atom. The molecule has 142 valence electrons. The van der Waals surface area contributed by atoms with Crippen molar-refractivity contribution in [2.75, 3.05) is 6.61 Å². The normalized spacial score (nSPS) is 43.5. The molecule has 1 saturated carbocycles. The first-order valence-corrected chi connectivity index (χ1v) is 9.01. The third kappa shape index (κ3) is 3.37. The number of aliphatic hydroxyl groups excluding tert-OH is 5. The van der Waals surface area contributed by atoms with E-state index in [4.69, 9.17) is 4.74 Å². The Labute approximate surface area is 146 Å². The molecule has 6 atom stereocenters. The summed E-state index contributed by atoms with van der Waals surface area (Å²) in [6, 6.07) is 0. The zero-order chi connectivity index (χ0) is 18.2. The van der Waals surface area contributed by atoms with Crippen LogP contribution in [0.5, 0.6) is 0 Å². The molecule has 0 aromatic rings. The van der Waals surface area contributed by atoms with Crippen LogP contribution in [0.15, 0.2) is 23.5 Å². The third-order valence-electron chi connectivity index (χ3n) is 5.81. The number of hydrogen-bond donors (Lipinski definition) is 6. The fourth-order valence-corrected chi connectivity index (χ4v) is 4.43. The standard InChI is InChI=1S/C18H28O7/c19-9-13-14(21)15(22)16(23)17(25-13)18(24)8-11(20)6-7-12(18)10-4-2-1-3-5-10/h6-7,10,13-17,19-24H,1-5,8-9H2/t13-,14-,15+,16-,17?,18?/m1/s1. The molecule has 0 spiro atoms. The minimum absolute atomic E-state index is 0.0426. The predicted octanol–water partition coefficient (Wildman–Crippen LogP) is -0.0878. The summed E-state index contributed by atoms with van der Waals surface area (Å²) in [6.45, 7) is -0.554. The van der Waals surface area contributed by atoms with E-state index in [0.717, 1.165) is 32.1 Å². The van der Waals surface area contributed by atoms with Crippen LogP contribution in [0, 0.1) is 5.92 Å². The molecule has 3 rings (SSSR count). The highest BCUT2D eigenvalue weighted by Gasteiger charge is 2.55. The SMILES string of the molecule is OC[C@H]1OC(C2(O)CC(O)=CC=C2C2CCCCC2)[C@H](O)[C@@H](O)[C@@H]1O. The molecule has 7 nitrogen and oxygen atoms in total. The second-order valence-electron chi connectivity index (χ2n) is 7.47. The van der Waals surface area contributed by atoms with E-state index in [-0.39, 0.29) is 18.1 Å². The smallest absolute Gasteiger partial charge is 0.122 e. The van der Waals surface area contributed by atoms with Crippen LogP contribution in [-0.4, -0.2) is 73.4 Å². The molecule has 7 heteroatoms. The summed E-state index contributed by atoms with van der Waals surface area (Å²) in [5.41, 5.74) is -1.02. The van der Waals surface area contributed by atoms with Crippen molar-refractivity contribution in [2.45, 2.75) is 74.6 Å². The van der Waals surface area contributed by atoms with Crippen LogP contribution in [-0.2, 0) is 4.74 Å². The Hall–Kier alpha value is -0.960. The molecule has 2 aliphatic carbocycles. The molecule has 0 amide bonds. The van der Waals surface area contributed by atoms with E-state index in [1.54, 1.807) is 12.2 Å². The van der Waals surface area contributed by atoms with Gasteiger partial charge in [0.25, 0.3) is 0 Å². The quantitative estimate of drug-likeness (QED) is 0.417. The summed E-state index contributed by atoms with van der Waals surface area (Å²) >= 11 is 0. The van der Waals surface area contributed by atoms with Crippen molar-refractivity contribution in [1.29, 1.82) is 0 Å². The summed E-state index contributed by atoms with van der Waals surface area (Å²) in [5, 5.41) is 61.3. The summed E-state index contributed by atoms with van der Waals surface area (Å²) < 4.78 is 5.60. The van der Waals surface area contributed by atoms with Crippen molar-refractivity contribution in [3.05, 3.63) is 23.5 Å².